The van der Waals surface area contributed by atoms with Gasteiger partial charge in [0.1, 0.15) is 12.1 Å². The Morgan fingerprint density at radius 2 is 1.66 bits per heavy atom. The van der Waals surface area contributed by atoms with Crippen LogP contribution in [0.1, 0.15) is 49.5 Å². The van der Waals surface area contributed by atoms with E-state index < -0.39 is 42.7 Å². The van der Waals surface area contributed by atoms with E-state index >= 15 is 0 Å². The average molecular weight is 697 g/mol. The topological polar surface area (TPSA) is 194 Å². The molecule has 0 radical (unpaired) electrons. The summed E-state index contributed by atoms with van der Waals surface area (Å²) < 4.78 is 17.0. The largest absolute Gasteiger partial charge is 0.467 e. The number of hydrogen-bond donors (Lipinski definition) is 3. The molecule has 17 heteroatoms. The molecule has 3 aliphatic rings. The minimum Gasteiger partial charge on any atom is -0.467 e. The first-order valence-electron chi connectivity index (χ1n) is 16.9. The fourth-order valence-corrected chi connectivity index (χ4v) is 5.97. The molecule has 5 rings (SSSR count). The van der Waals surface area contributed by atoms with E-state index in [0.29, 0.717) is 25.1 Å². The minimum atomic E-state index is -1.21. The Morgan fingerprint density at radius 1 is 0.940 bits per heavy atom. The monoisotopic (exact) mass is 696 g/mol. The second-order valence-corrected chi connectivity index (χ2v) is 12.2. The molecular weight excluding hydrogens is 652 g/mol. The molecule has 2 aliphatic heterocycles. The number of likely N-dealkylation sites (tertiary alicyclic amines) is 1. The highest BCUT2D eigenvalue weighted by Gasteiger charge is 2.36. The number of nitrogens with one attached hydrogen (secondary N) is 3. The fourth-order valence-electron chi connectivity index (χ4n) is 5.97. The summed E-state index contributed by atoms with van der Waals surface area (Å²) >= 11 is 0. The number of amides is 6. The van der Waals surface area contributed by atoms with Gasteiger partial charge in [-0.05, 0) is 51.2 Å². The third-order valence-electron chi connectivity index (χ3n) is 8.94. The molecule has 0 spiro atoms. The number of carbonyl (C=O) groups is 6. The van der Waals surface area contributed by atoms with Gasteiger partial charge in [-0.2, -0.15) is 5.10 Å². The molecule has 50 heavy (non-hydrogen) atoms. The molecule has 1 aromatic carbocycles. The van der Waals surface area contributed by atoms with Crippen LogP contribution in [0.2, 0.25) is 0 Å². The number of benzene rings is 1. The van der Waals surface area contributed by atoms with E-state index in [1.807, 2.05) is 6.07 Å². The van der Waals surface area contributed by atoms with Crippen LogP contribution in [-0.4, -0.2) is 138 Å². The third-order valence-corrected chi connectivity index (χ3v) is 8.94. The predicted molar refractivity (Wildman–Crippen MR) is 176 cm³/mol. The molecule has 1 aliphatic carbocycles. The van der Waals surface area contributed by atoms with Gasteiger partial charge >= 0.3 is 12.2 Å². The maximum absolute atomic E-state index is 13.6. The van der Waals surface area contributed by atoms with E-state index in [9.17, 15) is 28.8 Å². The van der Waals surface area contributed by atoms with Crippen LogP contribution in [0, 0.1) is 0 Å². The first kappa shape index (κ1) is 35.9. The Bertz CT molecular complexity index is 1540. The van der Waals surface area contributed by atoms with Crippen LogP contribution < -0.4 is 20.7 Å². The van der Waals surface area contributed by atoms with Crippen LogP contribution in [0.5, 0.6) is 5.88 Å². The normalized spacial score (nSPS) is 18.0. The molecule has 3 N–H and O–H groups in total. The van der Waals surface area contributed by atoms with Gasteiger partial charge in [0.05, 0.1) is 25.9 Å². The lowest BCUT2D eigenvalue weighted by atomic mass is 9.93. The molecule has 3 fully saturated rings. The van der Waals surface area contributed by atoms with Crippen molar-refractivity contribution < 1.29 is 43.0 Å². The molecule has 2 saturated heterocycles. The van der Waals surface area contributed by atoms with Crippen LogP contribution in [0.15, 0.2) is 36.4 Å². The molecular formula is C33H44N8O9. The summed E-state index contributed by atoms with van der Waals surface area (Å²) in [6.07, 6.45) is 2.98. The smallest absolute Gasteiger partial charge is 0.409 e. The maximum atomic E-state index is 13.6. The zero-order valence-electron chi connectivity index (χ0n) is 28.3. The van der Waals surface area contributed by atoms with Gasteiger partial charge < -0.3 is 44.9 Å². The van der Waals surface area contributed by atoms with E-state index in [1.54, 1.807) is 31.2 Å². The molecule has 2 aromatic rings. The molecule has 1 saturated carbocycles. The van der Waals surface area contributed by atoms with E-state index in [2.05, 4.69) is 25.8 Å². The molecule has 3 heterocycles. The van der Waals surface area contributed by atoms with Crippen molar-refractivity contribution >= 4 is 35.8 Å². The standard InChI is InChI=1S/C33H44N8O9/c1-3-49-33(47)39-17-15-38(16-18-39)31(45)25(20-34-32(46)48-2)36-29(43)24-19-28(41(37-24)23-11-5-4-6-12-23)50-21-27(42)40-14-8-13-26(40)30(44)35-22-9-7-10-22/h4-6,11-12,19,22,25-26H,3,7-10,13-18,20-21H2,1-2H3,(H,34,46)(H,35,44)(H,36,43). The van der Waals surface area contributed by atoms with Crippen molar-refractivity contribution in [3.8, 4) is 11.6 Å². The van der Waals surface area contributed by atoms with E-state index in [0.717, 1.165) is 19.3 Å². The number of rotatable bonds is 12. The van der Waals surface area contributed by atoms with Crippen molar-refractivity contribution in [2.75, 3.05) is 59.6 Å². The maximum Gasteiger partial charge on any atom is 0.409 e. The van der Waals surface area contributed by atoms with E-state index in [1.165, 1.54) is 32.6 Å². The predicted octanol–water partition coefficient (Wildman–Crippen LogP) is 0.666. The Labute approximate surface area is 289 Å². The van der Waals surface area contributed by atoms with Crippen molar-refractivity contribution in [1.82, 2.24) is 40.4 Å². The van der Waals surface area contributed by atoms with Crippen molar-refractivity contribution in [3.05, 3.63) is 42.1 Å². The lowest BCUT2D eigenvalue weighted by Crippen LogP contribution is -2.58. The van der Waals surface area contributed by atoms with Crippen LogP contribution in [0.3, 0.4) is 0 Å². The second-order valence-electron chi connectivity index (χ2n) is 12.2. The highest BCUT2D eigenvalue weighted by Crippen LogP contribution is 2.23. The molecule has 2 unspecified atom stereocenters. The van der Waals surface area contributed by atoms with Gasteiger partial charge in [-0.25, -0.2) is 14.3 Å². The molecule has 0 bridgehead atoms. The SMILES string of the molecule is CCOC(=O)N1CCN(C(=O)C(CNC(=O)OC)NC(=O)c2cc(OCC(=O)N3CCCC3C(=O)NC3CCC3)n(-c3ccccc3)n2)CC1. The van der Waals surface area contributed by atoms with Crippen LogP contribution in [0.25, 0.3) is 5.69 Å². The van der Waals surface area contributed by atoms with Crippen molar-refractivity contribution in [1.29, 1.82) is 0 Å². The second kappa shape index (κ2) is 16.8. The number of ether oxygens (including phenoxy) is 3. The summed E-state index contributed by atoms with van der Waals surface area (Å²) in [4.78, 5) is 81.9. The van der Waals surface area contributed by atoms with E-state index in [-0.39, 0.29) is 68.8 Å². The first-order chi connectivity index (χ1) is 24.2. The lowest BCUT2D eigenvalue weighted by Gasteiger charge is -2.35. The summed E-state index contributed by atoms with van der Waals surface area (Å²) in [5, 5.41) is 12.6. The van der Waals surface area contributed by atoms with Crippen molar-refractivity contribution in [3.63, 3.8) is 0 Å². The number of hydrogen-bond acceptors (Lipinski definition) is 10. The van der Waals surface area contributed by atoms with Gasteiger partial charge in [-0.3, -0.25) is 19.2 Å². The summed E-state index contributed by atoms with van der Waals surface area (Å²) in [5.41, 5.74) is 0.436. The van der Waals surface area contributed by atoms with Crippen LogP contribution >= 0.6 is 0 Å². The number of carbonyl (C=O) groups excluding carboxylic acids is 6. The number of methoxy groups -OCH3 is 1. The zero-order chi connectivity index (χ0) is 35.6. The lowest BCUT2D eigenvalue weighted by molar-refractivity contribution is -0.140. The number of alkyl carbamates (subject to hydrolysis) is 1. The van der Waals surface area contributed by atoms with Crippen molar-refractivity contribution in [2.24, 2.45) is 0 Å². The quantitative estimate of drug-likeness (QED) is 0.284. The Kier molecular flexibility index (Phi) is 12.1. The number of piperazine rings is 1. The van der Waals surface area contributed by atoms with Gasteiger partial charge in [0, 0.05) is 44.8 Å². The zero-order valence-corrected chi connectivity index (χ0v) is 28.3. The summed E-state index contributed by atoms with van der Waals surface area (Å²) in [7, 11) is 1.18. The number of aromatic nitrogens is 2. The molecule has 1 aromatic heterocycles. The Hall–Kier alpha value is -5.35. The third kappa shape index (κ3) is 8.81. The Morgan fingerprint density at radius 3 is 2.32 bits per heavy atom. The summed E-state index contributed by atoms with van der Waals surface area (Å²) in [5.74, 6) is -1.65. The van der Waals surface area contributed by atoms with Gasteiger partial charge in [0.15, 0.2) is 12.3 Å². The Balaban J connectivity index is 1.28. The van der Waals surface area contributed by atoms with E-state index in [4.69, 9.17) is 9.47 Å². The van der Waals surface area contributed by atoms with Gasteiger partial charge in [-0.15, -0.1) is 0 Å². The molecule has 2 atom stereocenters. The minimum absolute atomic E-state index is 0.0926. The summed E-state index contributed by atoms with van der Waals surface area (Å²) in [6.45, 7) is 2.55. The van der Waals surface area contributed by atoms with Crippen LogP contribution in [0.4, 0.5) is 9.59 Å². The van der Waals surface area contributed by atoms with Crippen LogP contribution in [-0.2, 0) is 23.9 Å². The number of para-hydroxylation sites is 1. The molecule has 6 amide bonds. The van der Waals surface area contributed by atoms with Gasteiger partial charge in [0.2, 0.25) is 17.7 Å². The fraction of sp³-hybridized carbons (Fsp3) is 0.545. The average Bonchev–Trinajstić information content (AvgIpc) is 3.79. The first-order valence-corrected chi connectivity index (χ1v) is 16.9. The summed E-state index contributed by atoms with van der Waals surface area (Å²) in [6, 6.07) is 8.59. The highest BCUT2D eigenvalue weighted by molar-refractivity contribution is 5.97. The van der Waals surface area contributed by atoms with Gasteiger partial charge in [0.25, 0.3) is 11.8 Å². The number of nitrogens with zero attached hydrogens (tertiary/aromatic N) is 5. The van der Waals surface area contributed by atoms with Gasteiger partial charge in [-0.1, -0.05) is 18.2 Å². The highest BCUT2D eigenvalue weighted by atomic mass is 16.6. The molecule has 17 nitrogen and oxygen atoms in total. The molecule has 270 valence electrons. The van der Waals surface area contributed by atoms with Crippen molar-refractivity contribution in [2.45, 2.75) is 57.2 Å².